The van der Waals surface area contributed by atoms with Crippen molar-refractivity contribution in [2.75, 3.05) is 0 Å². The molecule has 0 heterocycles. The average molecular weight is 365 g/mol. The van der Waals surface area contributed by atoms with Crippen LogP contribution in [0.3, 0.4) is 0 Å². The van der Waals surface area contributed by atoms with Crippen molar-refractivity contribution < 1.29 is 53.0 Å². The van der Waals surface area contributed by atoms with Gasteiger partial charge in [-0.25, -0.2) is 0 Å². The van der Waals surface area contributed by atoms with E-state index in [0.717, 1.165) is 0 Å². The van der Waals surface area contributed by atoms with Crippen LogP contribution in [0.5, 0.6) is 0 Å². The maximum atomic E-state index is 2.89. The summed E-state index contributed by atoms with van der Waals surface area (Å²) >= 11 is 0. The SMILES string of the molecule is [Cu+].[Cu+].[Li+].[c-]1ccccc1.[c-]1ccccc1.[c-]1ccccc1. The van der Waals surface area contributed by atoms with Gasteiger partial charge in [-0.1, -0.05) is 0 Å². The smallest absolute Gasteiger partial charge is 0.184 e. The van der Waals surface area contributed by atoms with Crippen LogP contribution in [0.4, 0.5) is 0 Å². The third-order valence-corrected chi connectivity index (χ3v) is 1.82. The van der Waals surface area contributed by atoms with E-state index in [1.54, 1.807) is 0 Å². The fourth-order valence-corrected chi connectivity index (χ4v) is 1.03. The number of rotatable bonds is 0. The molecule has 0 nitrogen and oxygen atoms in total. The van der Waals surface area contributed by atoms with E-state index in [2.05, 4.69) is 18.2 Å². The minimum absolute atomic E-state index is 0. The van der Waals surface area contributed by atoms with Gasteiger partial charge in [0.05, 0.1) is 0 Å². The Morgan fingerprint density at radius 1 is 0.333 bits per heavy atom. The summed E-state index contributed by atoms with van der Waals surface area (Å²) in [6.07, 6.45) is 0. The maximum absolute atomic E-state index is 2.89. The molecule has 110 valence electrons. The van der Waals surface area contributed by atoms with Crippen LogP contribution in [0.2, 0.25) is 0 Å². The normalized spacial score (nSPS) is 6.86. The summed E-state index contributed by atoms with van der Waals surface area (Å²) in [6, 6.07) is 37.5. The molecule has 3 heteroatoms. The molecule has 0 aliphatic heterocycles. The summed E-state index contributed by atoms with van der Waals surface area (Å²) in [7, 11) is 0. The Labute approximate surface area is 161 Å². The first-order valence-electron chi connectivity index (χ1n) is 5.73. The minimum Gasteiger partial charge on any atom is -0.184 e. The molecule has 0 amide bonds. The Morgan fingerprint density at radius 3 is 0.571 bits per heavy atom. The zero-order chi connectivity index (χ0) is 12.7. The predicted octanol–water partition coefficient (Wildman–Crippen LogP) is 1.46. The first-order valence-corrected chi connectivity index (χ1v) is 5.73. The average Bonchev–Trinajstić information content (AvgIpc) is 2.54. The summed E-state index contributed by atoms with van der Waals surface area (Å²) in [6.45, 7) is 0. The zero-order valence-electron chi connectivity index (χ0n) is 11.8. The largest absolute Gasteiger partial charge is 1.00 e. The molecule has 0 atom stereocenters. The Hall–Kier alpha value is -0.704. The van der Waals surface area contributed by atoms with E-state index in [-0.39, 0.29) is 53.0 Å². The fourth-order valence-electron chi connectivity index (χ4n) is 1.03. The molecule has 0 saturated heterocycles. The van der Waals surface area contributed by atoms with Gasteiger partial charge >= 0.3 is 53.0 Å². The van der Waals surface area contributed by atoms with E-state index in [9.17, 15) is 0 Å². The van der Waals surface area contributed by atoms with Gasteiger partial charge in [-0.3, -0.25) is 0 Å². The second-order valence-corrected chi connectivity index (χ2v) is 3.23. The standard InChI is InChI=1S/3C6H5.2Cu.Li/c3*1-2-4-6-5-3-1;;;/h3*1-5H;;;/q3*-1;3*+1. The van der Waals surface area contributed by atoms with E-state index in [1.165, 1.54) is 0 Å². The molecule has 0 aromatic heterocycles. The van der Waals surface area contributed by atoms with Crippen molar-refractivity contribution >= 4 is 0 Å². The molecular weight excluding hydrogens is 350 g/mol. The van der Waals surface area contributed by atoms with Gasteiger partial charge in [-0.05, 0) is 0 Å². The molecule has 0 saturated carbocycles. The van der Waals surface area contributed by atoms with Crippen molar-refractivity contribution in [1.82, 2.24) is 0 Å². The van der Waals surface area contributed by atoms with E-state index in [4.69, 9.17) is 0 Å². The van der Waals surface area contributed by atoms with Gasteiger partial charge in [0.2, 0.25) is 0 Å². The summed E-state index contributed by atoms with van der Waals surface area (Å²) in [4.78, 5) is 0. The molecular formula is C18H15Cu2Li. The van der Waals surface area contributed by atoms with Gasteiger partial charge in [0.1, 0.15) is 0 Å². The molecule has 3 rings (SSSR count). The van der Waals surface area contributed by atoms with Crippen LogP contribution < -0.4 is 18.9 Å². The van der Waals surface area contributed by atoms with Gasteiger partial charge < -0.3 is 0 Å². The third-order valence-electron chi connectivity index (χ3n) is 1.82. The van der Waals surface area contributed by atoms with E-state index in [1.807, 2.05) is 91.0 Å². The molecule has 0 fully saturated rings. The van der Waals surface area contributed by atoms with Gasteiger partial charge in [-0.2, -0.15) is 109 Å². The molecule has 0 radical (unpaired) electrons. The van der Waals surface area contributed by atoms with Crippen molar-refractivity contribution in [3.05, 3.63) is 109 Å². The van der Waals surface area contributed by atoms with Crippen molar-refractivity contribution in [3.8, 4) is 0 Å². The quantitative estimate of drug-likeness (QED) is 0.418. The summed E-state index contributed by atoms with van der Waals surface area (Å²) in [5.41, 5.74) is 0. The predicted molar refractivity (Wildman–Crippen MR) is 75.8 cm³/mol. The van der Waals surface area contributed by atoms with Crippen molar-refractivity contribution in [1.29, 1.82) is 0 Å². The van der Waals surface area contributed by atoms with Crippen LogP contribution in [0, 0.1) is 18.2 Å². The van der Waals surface area contributed by atoms with Crippen LogP contribution in [0.1, 0.15) is 0 Å². The van der Waals surface area contributed by atoms with Crippen molar-refractivity contribution in [2.24, 2.45) is 0 Å². The topological polar surface area (TPSA) is 0 Å². The van der Waals surface area contributed by atoms with Crippen molar-refractivity contribution in [3.63, 3.8) is 0 Å². The molecule has 3 aromatic rings. The van der Waals surface area contributed by atoms with E-state index >= 15 is 0 Å². The first kappa shape index (κ1) is 25.3. The van der Waals surface area contributed by atoms with Crippen LogP contribution in [0.25, 0.3) is 0 Å². The molecule has 0 spiro atoms. The fraction of sp³-hybridized carbons (Fsp3) is 0. The third kappa shape index (κ3) is 19.3. The Kier molecular flexibility index (Phi) is 26.0. The van der Waals surface area contributed by atoms with Gasteiger partial charge in [-0.15, -0.1) is 0 Å². The van der Waals surface area contributed by atoms with Crippen LogP contribution in [0.15, 0.2) is 91.0 Å². The number of hydrogen-bond donors (Lipinski definition) is 0. The minimum atomic E-state index is 0. The van der Waals surface area contributed by atoms with Gasteiger partial charge in [0, 0.05) is 0 Å². The molecule has 0 aliphatic carbocycles. The van der Waals surface area contributed by atoms with E-state index in [0.29, 0.717) is 0 Å². The van der Waals surface area contributed by atoms with Gasteiger partial charge in [0.15, 0.2) is 0 Å². The zero-order valence-corrected chi connectivity index (χ0v) is 13.6. The number of hydrogen-bond acceptors (Lipinski definition) is 0. The first-order chi connectivity index (χ1) is 9.00. The van der Waals surface area contributed by atoms with E-state index < -0.39 is 0 Å². The van der Waals surface area contributed by atoms with Crippen LogP contribution in [-0.4, -0.2) is 0 Å². The molecule has 21 heavy (non-hydrogen) atoms. The molecule has 0 N–H and O–H groups in total. The second-order valence-electron chi connectivity index (χ2n) is 3.23. The number of benzene rings is 3. The Balaban J connectivity index is -0.000000216. The second kappa shape index (κ2) is 21.6. The molecule has 0 aliphatic rings. The van der Waals surface area contributed by atoms with Crippen LogP contribution >= 0.6 is 0 Å². The van der Waals surface area contributed by atoms with Crippen molar-refractivity contribution in [2.45, 2.75) is 0 Å². The maximum Gasteiger partial charge on any atom is 1.00 e. The molecule has 0 bridgehead atoms. The summed E-state index contributed by atoms with van der Waals surface area (Å²) in [5, 5.41) is 0. The molecule has 0 unspecified atom stereocenters. The summed E-state index contributed by atoms with van der Waals surface area (Å²) in [5.74, 6) is 0. The van der Waals surface area contributed by atoms with Crippen LogP contribution in [-0.2, 0) is 34.1 Å². The molecule has 3 aromatic carbocycles. The monoisotopic (exact) mass is 364 g/mol. The Bertz CT molecular complexity index is 306. The summed E-state index contributed by atoms with van der Waals surface area (Å²) < 4.78 is 0. The van der Waals surface area contributed by atoms with Gasteiger partial charge in [0.25, 0.3) is 0 Å². The Morgan fingerprint density at radius 2 is 0.524 bits per heavy atom.